The van der Waals surface area contributed by atoms with Gasteiger partial charge in [-0.3, -0.25) is 4.79 Å². The first-order chi connectivity index (χ1) is 7.15. The van der Waals surface area contributed by atoms with Crippen molar-refractivity contribution in [3.8, 4) is 0 Å². The van der Waals surface area contributed by atoms with Gasteiger partial charge in [-0.2, -0.15) is 0 Å². The normalized spacial score (nSPS) is 15.7. The molecule has 0 aliphatic heterocycles. The average Bonchev–Trinajstić information content (AvgIpc) is 2.98. The van der Waals surface area contributed by atoms with E-state index in [0.29, 0.717) is 24.3 Å². The molecule has 15 heavy (non-hydrogen) atoms. The highest BCUT2D eigenvalue weighted by Gasteiger charge is 2.31. The molecule has 0 bridgehead atoms. The first-order valence-corrected chi connectivity index (χ1v) is 6.09. The largest absolute Gasteiger partial charge is 0.340 e. The lowest BCUT2D eigenvalue weighted by atomic mass is 10.1. The Bertz CT molecular complexity index is 200. The fourth-order valence-electron chi connectivity index (χ4n) is 1.67. The smallest absolute Gasteiger partial charge is 0.224 e. The predicted molar refractivity (Wildman–Crippen MR) is 62.7 cm³/mol. The van der Waals surface area contributed by atoms with E-state index in [1.807, 2.05) is 7.05 Å². The predicted octanol–water partition coefficient (Wildman–Crippen LogP) is 1.63. The molecule has 0 saturated heterocycles. The van der Waals surface area contributed by atoms with Gasteiger partial charge in [0.2, 0.25) is 5.91 Å². The van der Waals surface area contributed by atoms with Gasteiger partial charge in [0.15, 0.2) is 0 Å². The number of carbonyl (C=O) groups excluding carboxylic acids is 1. The topological polar surface area (TPSA) is 32.3 Å². The molecular weight excluding hydrogens is 188 g/mol. The fraction of sp³-hybridized carbons (Fsp3) is 0.917. The van der Waals surface area contributed by atoms with Gasteiger partial charge in [0.25, 0.3) is 0 Å². The van der Waals surface area contributed by atoms with E-state index in [0.717, 1.165) is 19.5 Å². The molecule has 1 rings (SSSR count). The van der Waals surface area contributed by atoms with Crippen molar-refractivity contribution >= 4 is 5.91 Å². The third-order valence-corrected chi connectivity index (χ3v) is 2.84. The minimum absolute atomic E-state index is 0.326. The molecular formula is C12H24N2O. The van der Waals surface area contributed by atoms with E-state index < -0.39 is 0 Å². The average molecular weight is 212 g/mol. The van der Waals surface area contributed by atoms with Crippen LogP contribution in [0.1, 0.15) is 39.5 Å². The zero-order chi connectivity index (χ0) is 11.3. The Labute approximate surface area is 93.2 Å². The van der Waals surface area contributed by atoms with Crippen molar-refractivity contribution in [2.45, 2.75) is 45.6 Å². The van der Waals surface area contributed by atoms with Crippen LogP contribution in [0.3, 0.4) is 0 Å². The molecule has 88 valence electrons. The molecule has 1 aliphatic carbocycles. The van der Waals surface area contributed by atoms with Crippen LogP contribution in [0.2, 0.25) is 0 Å². The lowest BCUT2D eigenvalue weighted by Crippen LogP contribution is -2.35. The first kappa shape index (κ1) is 12.5. The molecule has 0 aromatic carbocycles. The van der Waals surface area contributed by atoms with Gasteiger partial charge in [-0.05, 0) is 32.2 Å². The van der Waals surface area contributed by atoms with Crippen molar-refractivity contribution in [2.75, 3.05) is 20.1 Å². The second-order valence-electron chi connectivity index (χ2n) is 4.85. The highest BCUT2D eigenvalue weighted by Crippen LogP contribution is 2.27. The highest BCUT2D eigenvalue weighted by molar-refractivity contribution is 5.77. The van der Waals surface area contributed by atoms with Crippen molar-refractivity contribution in [1.82, 2.24) is 10.2 Å². The third kappa shape index (κ3) is 4.65. The zero-order valence-corrected chi connectivity index (χ0v) is 10.3. The van der Waals surface area contributed by atoms with E-state index in [1.54, 1.807) is 0 Å². The molecule has 1 N–H and O–H groups in total. The Hall–Kier alpha value is -0.570. The molecule has 3 heteroatoms. The van der Waals surface area contributed by atoms with E-state index in [4.69, 9.17) is 0 Å². The SMILES string of the molecule is CNCCC(=O)N(CCC(C)C)C1CC1. The second-order valence-corrected chi connectivity index (χ2v) is 4.85. The zero-order valence-electron chi connectivity index (χ0n) is 10.3. The summed E-state index contributed by atoms with van der Waals surface area (Å²) >= 11 is 0. The molecule has 0 atom stereocenters. The van der Waals surface area contributed by atoms with Gasteiger partial charge in [-0.25, -0.2) is 0 Å². The van der Waals surface area contributed by atoms with Crippen LogP contribution in [0.15, 0.2) is 0 Å². The molecule has 3 nitrogen and oxygen atoms in total. The van der Waals surface area contributed by atoms with Gasteiger partial charge in [-0.15, -0.1) is 0 Å². The molecule has 0 aromatic heterocycles. The third-order valence-electron chi connectivity index (χ3n) is 2.84. The van der Waals surface area contributed by atoms with Crippen LogP contribution in [0, 0.1) is 5.92 Å². The van der Waals surface area contributed by atoms with Crippen molar-refractivity contribution in [1.29, 1.82) is 0 Å². The van der Waals surface area contributed by atoms with Gasteiger partial charge in [0.05, 0.1) is 0 Å². The van der Waals surface area contributed by atoms with Crippen LogP contribution < -0.4 is 5.32 Å². The van der Waals surface area contributed by atoms with Crippen molar-refractivity contribution in [2.24, 2.45) is 5.92 Å². The second kappa shape index (κ2) is 6.11. The summed E-state index contributed by atoms with van der Waals surface area (Å²) in [6.45, 7) is 6.17. The summed E-state index contributed by atoms with van der Waals surface area (Å²) in [5.74, 6) is 1.01. The number of hydrogen-bond donors (Lipinski definition) is 1. The van der Waals surface area contributed by atoms with Gasteiger partial charge >= 0.3 is 0 Å². The summed E-state index contributed by atoms with van der Waals surface area (Å²) in [6.07, 6.45) is 4.19. The van der Waals surface area contributed by atoms with Crippen molar-refractivity contribution in [3.05, 3.63) is 0 Å². The Balaban J connectivity index is 2.32. The molecule has 0 aromatic rings. The molecule has 1 aliphatic rings. The Morgan fingerprint density at radius 3 is 2.60 bits per heavy atom. The van der Waals surface area contributed by atoms with Gasteiger partial charge in [-0.1, -0.05) is 13.8 Å². The maximum Gasteiger partial charge on any atom is 0.224 e. The lowest BCUT2D eigenvalue weighted by Gasteiger charge is -2.23. The fourth-order valence-corrected chi connectivity index (χ4v) is 1.67. The summed E-state index contributed by atoms with van der Waals surface area (Å²) in [7, 11) is 1.89. The molecule has 1 fully saturated rings. The quantitative estimate of drug-likeness (QED) is 0.695. The van der Waals surface area contributed by atoms with Gasteiger partial charge in [0.1, 0.15) is 0 Å². The van der Waals surface area contributed by atoms with Crippen LogP contribution >= 0.6 is 0 Å². The van der Waals surface area contributed by atoms with E-state index in [1.165, 1.54) is 12.8 Å². The number of nitrogens with one attached hydrogen (secondary N) is 1. The number of carbonyl (C=O) groups is 1. The number of rotatable bonds is 7. The van der Waals surface area contributed by atoms with Crippen molar-refractivity contribution in [3.63, 3.8) is 0 Å². The summed E-state index contributed by atoms with van der Waals surface area (Å²) in [5.41, 5.74) is 0. The molecule has 1 saturated carbocycles. The highest BCUT2D eigenvalue weighted by atomic mass is 16.2. The summed E-state index contributed by atoms with van der Waals surface area (Å²) < 4.78 is 0. The summed E-state index contributed by atoms with van der Waals surface area (Å²) in [6, 6.07) is 0.563. The van der Waals surface area contributed by atoms with Crippen LogP contribution in [-0.4, -0.2) is 37.0 Å². The summed E-state index contributed by atoms with van der Waals surface area (Å²) in [4.78, 5) is 14.0. The van der Waals surface area contributed by atoms with Crippen molar-refractivity contribution < 1.29 is 4.79 Å². The number of nitrogens with zero attached hydrogens (tertiary/aromatic N) is 1. The van der Waals surface area contributed by atoms with Crippen LogP contribution in [0.5, 0.6) is 0 Å². The monoisotopic (exact) mass is 212 g/mol. The molecule has 0 spiro atoms. The van der Waals surface area contributed by atoms with Crippen LogP contribution in [0.25, 0.3) is 0 Å². The maximum atomic E-state index is 11.9. The Morgan fingerprint density at radius 2 is 2.13 bits per heavy atom. The van der Waals surface area contributed by atoms with E-state index in [2.05, 4.69) is 24.1 Å². The molecule has 0 heterocycles. The van der Waals surface area contributed by atoms with Gasteiger partial charge < -0.3 is 10.2 Å². The summed E-state index contributed by atoms with van der Waals surface area (Å²) in [5, 5.41) is 3.03. The lowest BCUT2D eigenvalue weighted by molar-refractivity contribution is -0.131. The minimum atomic E-state index is 0.326. The number of amides is 1. The maximum absolute atomic E-state index is 11.9. The number of hydrogen-bond acceptors (Lipinski definition) is 2. The Morgan fingerprint density at radius 1 is 1.47 bits per heavy atom. The molecule has 0 radical (unpaired) electrons. The van der Waals surface area contributed by atoms with E-state index in [-0.39, 0.29) is 0 Å². The minimum Gasteiger partial charge on any atom is -0.340 e. The van der Waals surface area contributed by atoms with Gasteiger partial charge in [0, 0.05) is 25.6 Å². The standard InChI is InChI=1S/C12H24N2O/c1-10(2)7-9-14(11-4-5-11)12(15)6-8-13-3/h10-11,13H,4-9H2,1-3H3. The first-order valence-electron chi connectivity index (χ1n) is 6.09. The van der Waals surface area contributed by atoms with Crippen LogP contribution in [-0.2, 0) is 4.79 Å². The van der Waals surface area contributed by atoms with Crippen LogP contribution in [0.4, 0.5) is 0 Å². The molecule has 1 amide bonds. The Kier molecular flexibility index (Phi) is 5.09. The van der Waals surface area contributed by atoms with E-state index in [9.17, 15) is 4.79 Å². The van der Waals surface area contributed by atoms with E-state index >= 15 is 0 Å². The molecule has 0 unspecified atom stereocenters.